The van der Waals surface area contributed by atoms with Crippen molar-refractivity contribution in [2.24, 2.45) is 0 Å². The van der Waals surface area contributed by atoms with Crippen molar-refractivity contribution < 1.29 is 14.4 Å². The van der Waals surface area contributed by atoms with E-state index in [1.165, 1.54) is 18.2 Å². The van der Waals surface area contributed by atoms with Crippen LogP contribution in [0.1, 0.15) is 15.9 Å². The van der Waals surface area contributed by atoms with Gasteiger partial charge >= 0.3 is 5.91 Å². The van der Waals surface area contributed by atoms with Gasteiger partial charge in [-0.1, -0.05) is 47.6 Å². The van der Waals surface area contributed by atoms with Crippen LogP contribution in [0.15, 0.2) is 47.6 Å². The highest BCUT2D eigenvalue weighted by molar-refractivity contribution is 7.99. The Labute approximate surface area is 169 Å². The molecule has 0 fully saturated rings. The number of halogens is 1. The molecular weight excluding hydrogens is 400 g/mol. The predicted octanol–water partition coefficient (Wildman–Crippen LogP) is 3.28. The van der Waals surface area contributed by atoms with Crippen molar-refractivity contribution in [2.45, 2.75) is 12.1 Å². The van der Waals surface area contributed by atoms with Gasteiger partial charge in [-0.05, 0) is 30.7 Å². The van der Waals surface area contributed by atoms with Gasteiger partial charge in [0, 0.05) is 10.6 Å². The topological polar surface area (TPSA) is 96.0 Å². The van der Waals surface area contributed by atoms with Gasteiger partial charge in [-0.2, -0.15) is 0 Å². The molecule has 140 valence electrons. The molecule has 0 aliphatic carbocycles. The van der Waals surface area contributed by atoms with Crippen LogP contribution in [-0.2, 0) is 9.59 Å². The summed E-state index contributed by atoms with van der Waals surface area (Å²) in [6.07, 6.45) is 0. The number of Topliss-reactive ketones (excluding diaryl/α,β-unsaturated/α-hetero) is 1. The number of hydrogen-bond donors (Lipinski definition) is 1. The monoisotopic (exact) mass is 412 g/mol. The second-order valence-electron chi connectivity index (χ2n) is 6.10. The second kappa shape index (κ2) is 7.21. The van der Waals surface area contributed by atoms with Crippen molar-refractivity contribution in [3.05, 3.63) is 58.6 Å². The fraction of sp³-hybridized carbons (Fsp3) is 0.105. The largest absolute Gasteiger partial charge is 0.306 e. The molecule has 0 saturated carbocycles. The Hall–Kier alpha value is -2.97. The number of carbonyl (C=O) groups excluding carboxylic acids is 3. The first-order valence-corrected chi connectivity index (χ1v) is 9.64. The van der Waals surface area contributed by atoms with E-state index in [9.17, 15) is 14.4 Å². The maximum absolute atomic E-state index is 12.6. The molecule has 0 radical (unpaired) electrons. The van der Waals surface area contributed by atoms with E-state index < -0.39 is 17.6 Å². The number of thioether (sulfide) groups is 1. The molecule has 2 aromatic carbocycles. The van der Waals surface area contributed by atoms with E-state index in [0.29, 0.717) is 16.0 Å². The van der Waals surface area contributed by atoms with Crippen LogP contribution in [0.4, 0.5) is 5.69 Å². The molecule has 0 spiro atoms. The molecule has 2 amide bonds. The Balaban J connectivity index is 1.50. The van der Waals surface area contributed by atoms with Gasteiger partial charge in [0.2, 0.25) is 11.1 Å². The van der Waals surface area contributed by atoms with E-state index >= 15 is 0 Å². The summed E-state index contributed by atoms with van der Waals surface area (Å²) < 4.78 is 0. The fourth-order valence-corrected chi connectivity index (χ4v) is 3.74. The number of hydrogen-bond acceptors (Lipinski definition) is 6. The summed E-state index contributed by atoms with van der Waals surface area (Å²) in [6.45, 7) is 1.97. The number of fused-ring (bicyclic) bond motifs is 1. The Bertz CT molecular complexity index is 1130. The van der Waals surface area contributed by atoms with Crippen molar-refractivity contribution in [3.63, 3.8) is 0 Å². The normalized spacial score (nSPS) is 13.1. The number of nitrogens with one attached hydrogen (secondary N) is 1. The average molecular weight is 413 g/mol. The lowest BCUT2D eigenvalue weighted by molar-refractivity contribution is -0.122. The number of amides is 2. The van der Waals surface area contributed by atoms with Crippen LogP contribution in [0.5, 0.6) is 0 Å². The number of imide groups is 1. The molecule has 1 aliphatic rings. The van der Waals surface area contributed by atoms with E-state index in [1.54, 1.807) is 0 Å². The zero-order chi connectivity index (χ0) is 19.8. The Morgan fingerprint density at radius 2 is 1.96 bits per heavy atom. The van der Waals surface area contributed by atoms with Crippen LogP contribution in [0.2, 0.25) is 5.02 Å². The smallest absolute Gasteiger partial charge is 0.283 e. The number of aryl methyl sites for hydroxylation is 1. The number of nitrogens with zero attached hydrogens (tertiary/aromatic N) is 3. The molecule has 1 N–H and O–H groups in total. The summed E-state index contributed by atoms with van der Waals surface area (Å²) in [5, 5.41) is 7.66. The molecule has 28 heavy (non-hydrogen) atoms. The van der Waals surface area contributed by atoms with Crippen molar-refractivity contribution in [1.29, 1.82) is 0 Å². The number of aromatic amines is 1. The summed E-state index contributed by atoms with van der Waals surface area (Å²) in [4.78, 5) is 42.2. The number of rotatable bonds is 4. The van der Waals surface area contributed by atoms with Gasteiger partial charge < -0.3 is 0 Å². The Kier molecular flexibility index (Phi) is 4.74. The van der Waals surface area contributed by atoms with E-state index in [0.717, 1.165) is 27.8 Å². The van der Waals surface area contributed by atoms with Crippen molar-refractivity contribution >= 4 is 46.6 Å². The van der Waals surface area contributed by atoms with Crippen LogP contribution in [-0.4, -0.2) is 38.5 Å². The van der Waals surface area contributed by atoms with Gasteiger partial charge in [-0.3, -0.25) is 19.5 Å². The van der Waals surface area contributed by atoms with Crippen LogP contribution in [0.3, 0.4) is 0 Å². The Morgan fingerprint density at radius 1 is 1.18 bits per heavy atom. The first-order valence-electron chi connectivity index (χ1n) is 8.28. The Morgan fingerprint density at radius 3 is 2.75 bits per heavy atom. The number of aromatic nitrogens is 3. The molecule has 3 aromatic rings. The molecule has 0 atom stereocenters. The van der Waals surface area contributed by atoms with Crippen LogP contribution in [0, 0.1) is 6.92 Å². The van der Waals surface area contributed by atoms with E-state index in [4.69, 9.17) is 11.6 Å². The predicted molar refractivity (Wildman–Crippen MR) is 106 cm³/mol. The summed E-state index contributed by atoms with van der Waals surface area (Å²) >= 11 is 6.96. The zero-order valence-corrected chi connectivity index (χ0v) is 16.2. The fourth-order valence-electron chi connectivity index (χ4n) is 2.92. The zero-order valence-electron chi connectivity index (χ0n) is 14.6. The van der Waals surface area contributed by atoms with Gasteiger partial charge in [-0.15, -0.1) is 5.10 Å². The van der Waals surface area contributed by atoms with Crippen LogP contribution >= 0.6 is 23.4 Å². The lowest BCUT2D eigenvalue weighted by Crippen LogP contribution is -2.37. The van der Waals surface area contributed by atoms with Crippen LogP contribution in [0.25, 0.3) is 11.4 Å². The number of ketones is 1. The molecule has 4 rings (SSSR count). The molecule has 0 unspecified atom stereocenters. The lowest BCUT2D eigenvalue weighted by Gasteiger charge is -2.13. The van der Waals surface area contributed by atoms with E-state index in [2.05, 4.69) is 15.2 Å². The molecule has 0 saturated heterocycles. The summed E-state index contributed by atoms with van der Waals surface area (Å²) in [6, 6.07) is 12.1. The van der Waals surface area contributed by atoms with Crippen molar-refractivity contribution in [2.75, 3.05) is 10.7 Å². The minimum atomic E-state index is -0.876. The average Bonchev–Trinajstić information content (AvgIpc) is 3.24. The number of anilines is 1. The lowest BCUT2D eigenvalue weighted by atomic mass is 10.1. The maximum atomic E-state index is 12.6. The maximum Gasteiger partial charge on any atom is 0.306 e. The number of H-pyrrole nitrogens is 1. The highest BCUT2D eigenvalue weighted by Crippen LogP contribution is 2.32. The summed E-state index contributed by atoms with van der Waals surface area (Å²) in [7, 11) is 0. The third-order valence-electron chi connectivity index (χ3n) is 4.28. The first-order chi connectivity index (χ1) is 13.5. The molecular formula is C19H13ClN4O3S. The molecule has 7 nitrogen and oxygen atoms in total. The first kappa shape index (κ1) is 18.4. The number of carbonyl (C=O) groups is 3. The van der Waals surface area contributed by atoms with Crippen molar-refractivity contribution in [1.82, 2.24) is 15.2 Å². The minimum absolute atomic E-state index is 0.0911. The SMILES string of the molecule is Cc1ccccc1-c1nc(SCC(=O)N2C(=O)C(=O)c3cc(Cl)ccc32)n[nH]1. The number of benzene rings is 2. The van der Waals surface area contributed by atoms with E-state index in [1.807, 2.05) is 31.2 Å². The van der Waals surface area contributed by atoms with Gasteiger partial charge in [0.15, 0.2) is 5.82 Å². The molecule has 1 aromatic heterocycles. The molecule has 0 bridgehead atoms. The second-order valence-corrected chi connectivity index (χ2v) is 7.47. The van der Waals surface area contributed by atoms with Gasteiger partial charge in [0.1, 0.15) is 0 Å². The van der Waals surface area contributed by atoms with Crippen LogP contribution < -0.4 is 4.90 Å². The van der Waals surface area contributed by atoms with Gasteiger partial charge in [-0.25, -0.2) is 9.88 Å². The third-order valence-corrected chi connectivity index (χ3v) is 5.35. The third kappa shape index (κ3) is 3.21. The molecule has 9 heteroatoms. The highest BCUT2D eigenvalue weighted by atomic mass is 35.5. The highest BCUT2D eigenvalue weighted by Gasteiger charge is 2.39. The van der Waals surface area contributed by atoms with E-state index in [-0.39, 0.29) is 17.0 Å². The van der Waals surface area contributed by atoms with Gasteiger partial charge in [0.05, 0.1) is 17.0 Å². The standard InChI is InChI=1S/C19H13ClN4O3S/c1-10-4-2-3-5-12(10)17-21-19(23-22-17)28-9-15(25)24-14-7-6-11(20)8-13(14)16(26)18(24)27/h2-8H,9H2,1H3,(H,21,22,23). The summed E-state index contributed by atoms with van der Waals surface area (Å²) in [5.74, 6) is -1.63. The minimum Gasteiger partial charge on any atom is -0.283 e. The van der Waals surface area contributed by atoms with Crippen molar-refractivity contribution in [3.8, 4) is 11.4 Å². The molecule has 2 heterocycles. The quantitative estimate of drug-likeness (QED) is 0.521. The summed E-state index contributed by atoms with van der Waals surface area (Å²) in [5.41, 5.74) is 2.35. The van der Waals surface area contributed by atoms with Gasteiger partial charge in [0.25, 0.3) is 5.78 Å². The molecule has 1 aliphatic heterocycles.